The summed E-state index contributed by atoms with van der Waals surface area (Å²) in [4.78, 5) is 12.7. The van der Waals surface area contributed by atoms with Crippen molar-refractivity contribution in [1.82, 2.24) is 15.0 Å². The number of halogens is 1. The van der Waals surface area contributed by atoms with E-state index < -0.39 is 5.82 Å². The number of nitrogens with zero attached hydrogens (tertiary/aromatic N) is 3. The Morgan fingerprint density at radius 2 is 1.85 bits per heavy atom. The van der Waals surface area contributed by atoms with Crippen LogP contribution in [0.5, 0.6) is 11.6 Å². The van der Waals surface area contributed by atoms with E-state index >= 15 is 0 Å². The molecule has 0 atom stereocenters. The number of aromatic nitrogens is 3. The summed E-state index contributed by atoms with van der Waals surface area (Å²) < 4.78 is 24.9. The molecule has 2 aromatic heterocycles. The molecule has 0 bridgehead atoms. The maximum Gasteiger partial charge on any atom is 0.245 e. The van der Waals surface area contributed by atoms with Crippen molar-refractivity contribution in [3.63, 3.8) is 0 Å². The van der Waals surface area contributed by atoms with Gasteiger partial charge in [-0.25, -0.2) is 19.3 Å². The third-order valence-electron chi connectivity index (χ3n) is 4.02. The highest BCUT2D eigenvalue weighted by atomic mass is 19.1. The van der Waals surface area contributed by atoms with Crippen LogP contribution in [-0.2, 0) is 4.74 Å². The van der Waals surface area contributed by atoms with Gasteiger partial charge < -0.3 is 14.8 Å². The van der Waals surface area contributed by atoms with E-state index in [1.54, 1.807) is 42.7 Å². The zero-order chi connectivity index (χ0) is 18.5. The van der Waals surface area contributed by atoms with Crippen molar-refractivity contribution < 1.29 is 13.9 Å². The summed E-state index contributed by atoms with van der Waals surface area (Å²) in [5.74, 6) is 0.819. The van der Waals surface area contributed by atoms with Gasteiger partial charge in [-0.3, -0.25) is 0 Å². The molecule has 4 rings (SSSR count). The largest absolute Gasteiger partial charge is 0.437 e. The van der Waals surface area contributed by atoms with Crippen LogP contribution >= 0.6 is 0 Å². The summed E-state index contributed by atoms with van der Waals surface area (Å²) in [6.45, 7) is 1.22. The zero-order valence-electron chi connectivity index (χ0n) is 14.4. The molecular weight excluding hydrogens is 347 g/mol. The maximum absolute atomic E-state index is 13.7. The Bertz CT molecular complexity index is 960. The summed E-state index contributed by atoms with van der Waals surface area (Å²) in [5, 5.41) is 2.93. The van der Waals surface area contributed by atoms with Gasteiger partial charge in [0, 0.05) is 24.3 Å². The number of hydrogen-bond donors (Lipinski definition) is 1. The quantitative estimate of drug-likeness (QED) is 0.726. The number of nitrogens with one attached hydrogen (secondary N) is 1. The van der Waals surface area contributed by atoms with Gasteiger partial charge in [0.2, 0.25) is 5.88 Å². The van der Waals surface area contributed by atoms with Crippen LogP contribution in [0, 0.1) is 5.82 Å². The van der Waals surface area contributed by atoms with Gasteiger partial charge in [-0.05, 0) is 48.4 Å². The van der Waals surface area contributed by atoms with E-state index in [1.165, 1.54) is 12.3 Å². The van der Waals surface area contributed by atoms with Crippen molar-refractivity contribution in [3.05, 3.63) is 72.6 Å². The second kappa shape index (κ2) is 7.92. The Labute approximate surface area is 155 Å². The molecule has 3 aromatic rings. The van der Waals surface area contributed by atoms with Crippen LogP contribution in [0.4, 0.5) is 15.9 Å². The van der Waals surface area contributed by atoms with Gasteiger partial charge >= 0.3 is 0 Å². The summed E-state index contributed by atoms with van der Waals surface area (Å²) in [7, 11) is 0. The Hall–Kier alpha value is -3.32. The zero-order valence-corrected chi connectivity index (χ0v) is 14.4. The molecule has 7 heteroatoms. The first-order valence-corrected chi connectivity index (χ1v) is 8.53. The van der Waals surface area contributed by atoms with Crippen LogP contribution in [0.3, 0.4) is 0 Å². The van der Waals surface area contributed by atoms with Gasteiger partial charge in [-0.1, -0.05) is 6.08 Å². The lowest BCUT2D eigenvalue weighted by atomic mass is 10.1. The lowest BCUT2D eigenvalue weighted by Gasteiger charge is -2.15. The van der Waals surface area contributed by atoms with Crippen molar-refractivity contribution >= 4 is 17.1 Å². The van der Waals surface area contributed by atoms with Crippen LogP contribution in [0.1, 0.15) is 12.1 Å². The molecule has 1 N–H and O–H groups in total. The minimum atomic E-state index is -0.410. The number of ether oxygens (including phenoxy) is 2. The fraction of sp³-hybridized carbons (Fsp3) is 0.150. The van der Waals surface area contributed by atoms with Crippen LogP contribution in [0.25, 0.3) is 5.57 Å². The lowest BCUT2D eigenvalue weighted by Crippen LogP contribution is -2.06. The van der Waals surface area contributed by atoms with Crippen molar-refractivity contribution in [3.8, 4) is 11.6 Å². The molecule has 136 valence electrons. The highest BCUT2D eigenvalue weighted by molar-refractivity contribution is 5.67. The summed E-state index contributed by atoms with van der Waals surface area (Å²) >= 11 is 0. The van der Waals surface area contributed by atoms with Crippen molar-refractivity contribution in [2.45, 2.75) is 6.42 Å². The van der Waals surface area contributed by atoms with E-state index in [0.29, 0.717) is 30.5 Å². The Morgan fingerprint density at radius 1 is 1.00 bits per heavy atom. The first-order valence-electron chi connectivity index (χ1n) is 8.53. The van der Waals surface area contributed by atoms with Crippen LogP contribution in [0.2, 0.25) is 0 Å². The molecule has 1 aromatic carbocycles. The van der Waals surface area contributed by atoms with Crippen LogP contribution in [0.15, 0.2) is 61.1 Å². The highest BCUT2D eigenvalue weighted by Gasteiger charge is 2.15. The minimum Gasteiger partial charge on any atom is -0.437 e. The standard InChI is InChI=1S/C20H17FN4O2/c21-17-2-1-9-23-19(17)25-15-3-5-16(6-4-15)27-20-18(22-10-11-24-20)14-7-12-26-13-8-14/h1-7,9-11H,8,12-13H2,(H,23,25). The van der Waals surface area contributed by atoms with Crippen LogP contribution in [-0.4, -0.2) is 28.2 Å². The first kappa shape index (κ1) is 17.1. The molecule has 3 heterocycles. The summed E-state index contributed by atoms with van der Waals surface area (Å²) in [6, 6.07) is 10.0. The molecule has 1 aliphatic heterocycles. The predicted octanol–water partition coefficient (Wildman–Crippen LogP) is 4.35. The molecule has 0 unspecified atom stereocenters. The molecule has 27 heavy (non-hydrogen) atoms. The monoisotopic (exact) mass is 364 g/mol. The molecule has 0 spiro atoms. The smallest absolute Gasteiger partial charge is 0.245 e. The summed E-state index contributed by atoms with van der Waals surface area (Å²) in [6.07, 6.45) is 7.54. The molecule has 0 saturated carbocycles. The fourth-order valence-corrected chi connectivity index (χ4v) is 2.69. The second-order valence-corrected chi connectivity index (χ2v) is 5.85. The van der Waals surface area contributed by atoms with Gasteiger partial charge in [0.15, 0.2) is 11.6 Å². The first-order chi connectivity index (χ1) is 13.3. The molecule has 6 nitrogen and oxygen atoms in total. The topological polar surface area (TPSA) is 69.2 Å². The number of rotatable bonds is 5. The molecule has 0 aliphatic carbocycles. The van der Waals surface area contributed by atoms with Gasteiger partial charge in [-0.15, -0.1) is 0 Å². The molecular formula is C20H17FN4O2. The number of hydrogen-bond acceptors (Lipinski definition) is 6. The normalized spacial score (nSPS) is 13.7. The van der Waals surface area contributed by atoms with E-state index in [2.05, 4.69) is 20.3 Å². The van der Waals surface area contributed by atoms with Gasteiger partial charge in [-0.2, -0.15) is 0 Å². The van der Waals surface area contributed by atoms with Crippen molar-refractivity contribution in [2.75, 3.05) is 18.5 Å². The number of anilines is 2. The maximum atomic E-state index is 13.7. The Morgan fingerprint density at radius 3 is 2.63 bits per heavy atom. The predicted molar refractivity (Wildman–Crippen MR) is 99.4 cm³/mol. The summed E-state index contributed by atoms with van der Waals surface area (Å²) in [5.41, 5.74) is 2.48. The third-order valence-corrected chi connectivity index (χ3v) is 4.02. The number of benzene rings is 1. The molecule has 0 radical (unpaired) electrons. The van der Waals surface area contributed by atoms with Gasteiger partial charge in [0.25, 0.3) is 0 Å². The second-order valence-electron chi connectivity index (χ2n) is 5.85. The fourth-order valence-electron chi connectivity index (χ4n) is 2.69. The van der Waals surface area contributed by atoms with Crippen LogP contribution < -0.4 is 10.1 Å². The minimum absolute atomic E-state index is 0.175. The van der Waals surface area contributed by atoms with E-state index in [9.17, 15) is 4.39 Å². The Kier molecular flexibility index (Phi) is 5.02. The average molecular weight is 364 g/mol. The Balaban J connectivity index is 1.51. The number of pyridine rings is 1. The average Bonchev–Trinajstić information content (AvgIpc) is 2.72. The van der Waals surface area contributed by atoms with Gasteiger partial charge in [0.05, 0.1) is 13.2 Å². The van der Waals surface area contributed by atoms with E-state index in [4.69, 9.17) is 9.47 Å². The van der Waals surface area contributed by atoms with E-state index in [1.807, 2.05) is 6.08 Å². The van der Waals surface area contributed by atoms with Crippen molar-refractivity contribution in [1.29, 1.82) is 0 Å². The molecule has 0 saturated heterocycles. The SMILES string of the molecule is Fc1cccnc1Nc1ccc(Oc2nccnc2C2=CCOCC2)cc1. The third kappa shape index (κ3) is 4.09. The molecule has 0 fully saturated rings. The molecule has 0 amide bonds. The molecule has 1 aliphatic rings. The lowest BCUT2D eigenvalue weighted by molar-refractivity contribution is 0.161. The van der Waals surface area contributed by atoms with E-state index in [0.717, 1.165) is 17.7 Å². The van der Waals surface area contributed by atoms with Gasteiger partial charge in [0.1, 0.15) is 11.4 Å². The highest BCUT2D eigenvalue weighted by Crippen LogP contribution is 2.30. The van der Waals surface area contributed by atoms with Crippen molar-refractivity contribution in [2.24, 2.45) is 0 Å². The van der Waals surface area contributed by atoms with E-state index in [-0.39, 0.29) is 5.82 Å².